The van der Waals surface area contributed by atoms with Gasteiger partial charge in [-0.15, -0.1) is 11.8 Å². The average Bonchev–Trinajstić information content (AvgIpc) is 3.21. The Morgan fingerprint density at radius 1 is 1.42 bits per heavy atom. The largest absolute Gasteiger partial charge is 0.503 e. The van der Waals surface area contributed by atoms with E-state index in [1.165, 1.54) is 35.5 Å². The fourth-order valence-corrected chi connectivity index (χ4v) is 7.37. The summed E-state index contributed by atoms with van der Waals surface area (Å²) in [6.45, 7) is 2.87. The lowest BCUT2D eigenvalue weighted by Crippen LogP contribution is -2.77. The van der Waals surface area contributed by atoms with E-state index in [9.17, 15) is 29.4 Å². The van der Waals surface area contributed by atoms with E-state index in [1.54, 1.807) is 12.5 Å². The second kappa shape index (κ2) is 8.41. The van der Waals surface area contributed by atoms with Crippen LogP contribution in [-0.2, 0) is 14.4 Å². The van der Waals surface area contributed by atoms with Gasteiger partial charge in [-0.05, 0) is 18.9 Å². The molecule has 2 amide bonds. The van der Waals surface area contributed by atoms with Crippen LogP contribution in [0.25, 0.3) is 0 Å². The molecule has 3 aliphatic rings. The van der Waals surface area contributed by atoms with Gasteiger partial charge in [-0.2, -0.15) is 12.6 Å². The van der Waals surface area contributed by atoms with E-state index in [0.29, 0.717) is 0 Å². The maximum absolute atomic E-state index is 13.2. The molecule has 33 heavy (non-hydrogen) atoms. The molecule has 178 valence electrons. The second-order valence-electron chi connectivity index (χ2n) is 8.14. The standard InChI is InChI=1S/C18H20ClN5O6S3/c1-8(25)24(22-3-9(19)12(27)10(26)4-22)11-13(28)23-5-18(16(29)30,6-32-14(11)23)15(31)17(2)20-7-33-21-17/h3-4,7,11,14-15,21,26,31H,5-6H2,1-2H3,(H,29,30)/t11?,14-,15?,17?,18?/m1/s1. The molecule has 1 aromatic rings. The summed E-state index contributed by atoms with van der Waals surface area (Å²) in [6, 6.07) is -0.968. The van der Waals surface area contributed by atoms with Crippen molar-refractivity contribution >= 4 is 71.3 Å². The fraction of sp³-hybridized carbons (Fsp3) is 0.500. The molecule has 4 unspecified atom stereocenters. The highest BCUT2D eigenvalue weighted by Crippen LogP contribution is 2.49. The molecule has 3 aliphatic heterocycles. The Bertz CT molecular complexity index is 1110. The number of carbonyl (C=O) groups excluding carboxylic acids is 2. The molecule has 3 N–H and O–H groups in total. The maximum atomic E-state index is 13.2. The Hall–Kier alpha value is -1.87. The molecule has 15 heteroatoms. The second-order valence-corrected chi connectivity index (χ2v) is 10.8. The number of carboxylic acids is 1. The minimum Gasteiger partial charge on any atom is -0.503 e. The van der Waals surface area contributed by atoms with Crippen LogP contribution in [0.3, 0.4) is 0 Å². The number of thiol groups is 1. The van der Waals surface area contributed by atoms with Crippen LogP contribution < -0.4 is 15.2 Å². The molecule has 0 radical (unpaired) electrons. The summed E-state index contributed by atoms with van der Waals surface area (Å²) in [7, 11) is 0. The topological polar surface area (TPSA) is 145 Å². The zero-order chi connectivity index (χ0) is 24.3. The number of carbonyl (C=O) groups is 3. The molecule has 2 saturated heterocycles. The van der Waals surface area contributed by atoms with Gasteiger partial charge in [0.2, 0.25) is 11.3 Å². The summed E-state index contributed by atoms with van der Waals surface area (Å²) in [5.41, 5.74) is -1.55. The zero-order valence-corrected chi connectivity index (χ0v) is 20.6. The molecule has 0 bridgehead atoms. The van der Waals surface area contributed by atoms with Gasteiger partial charge in [0, 0.05) is 25.4 Å². The fourth-order valence-electron chi connectivity index (χ4n) is 4.19. The van der Waals surface area contributed by atoms with Crippen molar-refractivity contribution in [3.05, 3.63) is 27.6 Å². The van der Waals surface area contributed by atoms with Gasteiger partial charge in [0.15, 0.2) is 11.8 Å². The number of aliphatic imine (C=N–C) groups is 1. The molecule has 11 nitrogen and oxygen atoms in total. The summed E-state index contributed by atoms with van der Waals surface area (Å²) in [5.74, 6) is -2.64. The number of hydrogen-bond donors (Lipinski definition) is 4. The van der Waals surface area contributed by atoms with Crippen molar-refractivity contribution in [2.24, 2.45) is 10.4 Å². The summed E-state index contributed by atoms with van der Waals surface area (Å²) in [6.07, 6.45) is 2.15. The third-order valence-corrected chi connectivity index (χ3v) is 9.53. The molecule has 1 aromatic heterocycles. The smallest absolute Gasteiger partial charge is 0.313 e. The van der Waals surface area contributed by atoms with E-state index < -0.39 is 56.7 Å². The number of aromatic hydroxyl groups is 1. The molecular weight excluding hydrogens is 514 g/mol. The van der Waals surface area contributed by atoms with Crippen LogP contribution >= 0.6 is 47.9 Å². The van der Waals surface area contributed by atoms with Crippen molar-refractivity contribution in [3.8, 4) is 5.75 Å². The number of fused-ring (bicyclic) bond motifs is 1. The van der Waals surface area contributed by atoms with Crippen LogP contribution in [-0.4, -0.2) is 77.7 Å². The number of thioether (sulfide) groups is 1. The molecule has 4 rings (SSSR count). The number of rotatable bonds is 5. The highest BCUT2D eigenvalue weighted by molar-refractivity contribution is 8.10. The molecule has 2 fully saturated rings. The number of halogens is 1. The van der Waals surface area contributed by atoms with Crippen LogP contribution in [0.5, 0.6) is 5.75 Å². The number of β-lactam (4-membered cyclic amide) rings is 1. The number of hydrogen-bond acceptors (Lipinski definition) is 10. The van der Waals surface area contributed by atoms with Gasteiger partial charge in [-0.25, -0.2) is 9.73 Å². The normalized spacial score (nSPS) is 31.6. The summed E-state index contributed by atoms with van der Waals surface area (Å²) >= 11 is 12.9. The summed E-state index contributed by atoms with van der Waals surface area (Å²) in [5, 5.41) is 19.5. The number of carboxylic acid groups (broad SMARTS) is 1. The Morgan fingerprint density at radius 2 is 2.12 bits per heavy atom. The minimum atomic E-state index is -1.39. The quantitative estimate of drug-likeness (QED) is 0.239. The van der Waals surface area contributed by atoms with E-state index >= 15 is 0 Å². The Balaban J connectivity index is 1.63. The number of aromatic nitrogens is 1. The van der Waals surface area contributed by atoms with Crippen molar-refractivity contribution < 1.29 is 24.6 Å². The highest BCUT2D eigenvalue weighted by Gasteiger charge is 2.63. The van der Waals surface area contributed by atoms with Crippen LogP contribution in [0.4, 0.5) is 0 Å². The Labute approximate surface area is 207 Å². The number of aliphatic carboxylic acids is 1. The van der Waals surface area contributed by atoms with Gasteiger partial charge in [0.05, 0.1) is 17.0 Å². The van der Waals surface area contributed by atoms with E-state index in [4.69, 9.17) is 11.6 Å². The minimum absolute atomic E-state index is 0.108. The van der Waals surface area contributed by atoms with Gasteiger partial charge in [0.1, 0.15) is 21.5 Å². The maximum Gasteiger partial charge on any atom is 0.313 e. The lowest BCUT2D eigenvalue weighted by atomic mass is 9.78. The van der Waals surface area contributed by atoms with E-state index in [0.717, 1.165) is 22.1 Å². The zero-order valence-electron chi connectivity index (χ0n) is 17.3. The van der Waals surface area contributed by atoms with Crippen molar-refractivity contribution in [1.82, 2.24) is 14.3 Å². The van der Waals surface area contributed by atoms with Gasteiger partial charge in [-0.3, -0.25) is 28.8 Å². The van der Waals surface area contributed by atoms with Crippen LogP contribution in [0, 0.1) is 5.41 Å². The molecule has 5 atom stereocenters. The van der Waals surface area contributed by atoms with E-state index in [-0.39, 0.29) is 17.3 Å². The molecule has 0 aromatic carbocycles. The molecule has 0 aliphatic carbocycles. The third-order valence-electron chi connectivity index (χ3n) is 5.98. The lowest BCUT2D eigenvalue weighted by molar-refractivity contribution is -0.159. The molecular formula is C18H20ClN5O6S3. The first kappa shape index (κ1) is 24.3. The molecule has 4 heterocycles. The van der Waals surface area contributed by atoms with E-state index in [2.05, 4.69) is 22.3 Å². The Morgan fingerprint density at radius 3 is 2.67 bits per heavy atom. The third kappa shape index (κ3) is 3.71. The first-order valence-electron chi connectivity index (χ1n) is 9.64. The molecule has 0 saturated carbocycles. The predicted octanol–water partition coefficient (Wildman–Crippen LogP) is 0.341. The number of nitrogens with zero attached hydrogens (tertiary/aromatic N) is 4. The molecule has 0 spiro atoms. The number of nitrogens with one attached hydrogen (secondary N) is 1. The highest BCUT2D eigenvalue weighted by atomic mass is 35.5. The Kier molecular flexibility index (Phi) is 6.18. The van der Waals surface area contributed by atoms with E-state index in [1.807, 2.05) is 0 Å². The number of pyridine rings is 1. The summed E-state index contributed by atoms with van der Waals surface area (Å²) in [4.78, 5) is 55.5. The average molecular weight is 534 g/mol. The van der Waals surface area contributed by atoms with Crippen LogP contribution in [0.1, 0.15) is 13.8 Å². The van der Waals surface area contributed by atoms with Gasteiger partial charge >= 0.3 is 5.97 Å². The SMILES string of the molecule is CC(=O)N(C1C(=O)N2CC(C(=O)O)(C(S)C3(C)N=CSN3)CS[C@H]12)n1cc(O)c(=O)c(Cl)c1. The number of amides is 2. The first-order valence-corrected chi connectivity index (χ1v) is 12.5. The van der Waals surface area contributed by atoms with Gasteiger partial charge < -0.3 is 15.1 Å². The van der Waals surface area contributed by atoms with Crippen LogP contribution in [0.15, 0.2) is 22.2 Å². The lowest BCUT2D eigenvalue weighted by Gasteiger charge is -2.57. The van der Waals surface area contributed by atoms with Crippen molar-refractivity contribution in [2.75, 3.05) is 17.3 Å². The van der Waals surface area contributed by atoms with Crippen molar-refractivity contribution in [3.63, 3.8) is 0 Å². The predicted molar refractivity (Wildman–Crippen MR) is 128 cm³/mol. The van der Waals surface area contributed by atoms with Crippen molar-refractivity contribution in [1.29, 1.82) is 0 Å². The monoisotopic (exact) mass is 533 g/mol. The first-order chi connectivity index (χ1) is 15.4. The van der Waals surface area contributed by atoms with Gasteiger partial charge in [-0.1, -0.05) is 11.6 Å². The van der Waals surface area contributed by atoms with Crippen molar-refractivity contribution in [2.45, 2.75) is 36.2 Å². The van der Waals surface area contributed by atoms with Crippen LogP contribution in [0.2, 0.25) is 5.02 Å². The van der Waals surface area contributed by atoms with Gasteiger partial charge in [0.25, 0.3) is 5.91 Å². The summed E-state index contributed by atoms with van der Waals surface area (Å²) < 4.78 is 4.18.